The van der Waals surface area contributed by atoms with E-state index in [0.29, 0.717) is 12.3 Å². The smallest absolute Gasteiger partial charge is 0.254 e. The van der Waals surface area contributed by atoms with Gasteiger partial charge in [0.2, 0.25) is 5.91 Å². The molecule has 1 amide bonds. The number of anilines is 1. The van der Waals surface area contributed by atoms with Gasteiger partial charge < -0.3 is 10.2 Å². The van der Waals surface area contributed by atoms with Gasteiger partial charge in [-0.3, -0.25) is 4.79 Å². The fourth-order valence-corrected chi connectivity index (χ4v) is 4.73. The lowest BCUT2D eigenvalue weighted by Gasteiger charge is -2.34. The molecule has 2 aliphatic rings. The highest BCUT2D eigenvalue weighted by molar-refractivity contribution is 6.30. The van der Waals surface area contributed by atoms with Gasteiger partial charge >= 0.3 is 0 Å². The minimum Gasteiger partial charge on any atom is -0.356 e. The second kappa shape index (κ2) is 8.22. The Balaban J connectivity index is 1.20. The Hall–Kier alpha value is -2.67. The lowest BCUT2D eigenvalue weighted by Crippen LogP contribution is -2.42. The van der Waals surface area contributed by atoms with E-state index in [-0.39, 0.29) is 11.8 Å². The highest BCUT2D eigenvalue weighted by atomic mass is 35.5. The molecule has 0 radical (unpaired) electrons. The Kier molecular flexibility index (Phi) is 5.29. The maximum atomic E-state index is 12.7. The van der Waals surface area contributed by atoms with Gasteiger partial charge in [0.1, 0.15) is 12.1 Å². The summed E-state index contributed by atoms with van der Waals surface area (Å²) in [5.74, 6) is 2.03. The van der Waals surface area contributed by atoms with Crippen LogP contribution < -0.4 is 10.2 Å². The van der Waals surface area contributed by atoms with Gasteiger partial charge in [-0.25, -0.2) is 4.98 Å². The predicted molar refractivity (Wildman–Crippen MR) is 116 cm³/mol. The third kappa shape index (κ3) is 3.74. The van der Waals surface area contributed by atoms with Gasteiger partial charge in [-0.1, -0.05) is 23.7 Å². The zero-order valence-electron chi connectivity index (χ0n) is 16.9. The number of nitrogens with zero attached hydrogens (tertiary/aromatic N) is 5. The molecule has 3 aromatic rings. The van der Waals surface area contributed by atoms with E-state index in [1.165, 1.54) is 11.1 Å². The molecule has 1 saturated heterocycles. The summed E-state index contributed by atoms with van der Waals surface area (Å²) < 4.78 is 1.87. The zero-order chi connectivity index (χ0) is 20.5. The Morgan fingerprint density at radius 2 is 1.97 bits per heavy atom. The largest absolute Gasteiger partial charge is 0.356 e. The van der Waals surface area contributed by atoms with E-state index in [4.69, 9.17) is 11.6 Å². The maximum Gasteiger partial charge on any atom is 0.254 e. The number of benzene rings is 1. The molecule has 0 atom stereocenters. The third-order valence-corrected chi connectivity index (χ3v) is 6.47. The van der Waals surface area contributed by atoms with Crippen LogP contribution in [0.25, 0.3) is 5.78 Å². The van der Waals surface area contributed by atoms with Gasteiger partial charge in [-0.05, 0) is 56.2 Å². The topological polar surface area (TPSA) is 75.4 Å². The molecule has 0 saturated carbocycles. The number of hydrogen-bond acceptors (Lipinski definition) is 5. The number of hydrogen-bond donors (Lipinski definition) is 1. The summed E-state index contributed by atoms with van der Waals surface area (Å²) in [4.78, 5) is 24.0. The Morgan fingerprint density at radius 3 is 2.77 bits per heavy atom. The van der Waals surface area contributed by atoms with E-state index >= 15 is 0 Å². The number of fused-ring (bicyclic) bond motifs is 2. The molecular formula is C22H25ClN6O. The predicted octanol–water partition coefficient (Wildman–Crippen LogP) is 2.84. The lowest BCUT2D eigenvalue weighted by molar-refractivity contribution is -0.125. The van der Waals surface area contributed by atoms with Gasteiger partial charge in [0.25, 0.3) is 5.78 Å². The molecule has 1 fully saturated rings. The normalized spacial score (nSPS) is 16.8. The summed E-state index contributed by atoms with van der Waals surface area (Å²) in [5.41, 5.74) is 3.64. The molecular weight excluding hydrogens is 400 g/mol. The molecule has 1 aliphatic carbocycles. The minimum atomic E-state index is 0.0626. The van der Waals surface area contributed by atoms with Gasteiger partial charge in [0.15, 0.2) is 0 Å². The molecule has 30 heavy (non-hydrogen) atoms. The molecule has 0 bridgehead atoms. The number of carbonyl (C=O) groups excluding carboxylic acids is 1. The van der Waals surface area contributed by atoms with Crippen LogP contribution in [0.4, 0.5) is 5.82 Å². The number of nitrogens with one attached hydrogen (secondary N) is 1. The fraction of sp³-hybridized carbons (Fsp3) is 0.455. The summed E-state index contributed by atoms with van der Waals surface area (Å²) >= 11 is 5.92. The van der Waals surface area contributed by atoms with Crippen molar-refractivity contribution in [2.24, 2.45) is 5.92 Å². The summed E-state index contributed by atoms with van der Waals surface area (Å²) in [6.45, 7) is 2.35. The van der Waals surface area contributed by atoms with Crippen LogP contribution in [0.15, 0.2) is 30.6 Å². The van der Waals surface area contributed by atoms with Crippen LogP contribution in [0.2, 0.25) is 5.02 Å². The number of piperidine rings is 1. The van der Waals surface area contributed by atoms with Crippen molar-refractivity contribution < 1.29 is 4.79 Å². The Bertz CT molecular complexity index is 1060. The fourth-order valence-electron chi connectivity index (χ4n) is 4.61. The van der Waals surface area contributed by atoms with Crippen molar-refractivity contribution in [2.75, 3.05) is 24.5 Å². The van der Waals surface area contributed by atoms with Gasteiger partial charge in [0.05, 0.1) is 5.69 Å². The van der Waals surface area contributed by atoms with E-state index < -0.39 is 0 Å². The van der Waals surface area contributed by atoms with Crippen LogP contribution in [0, 0.1) is 5.92 Å². The van der Waals surface area contributed by atoms with E-state index in [1.54, 1.807) is 6.33 Å². The van der Waals surface area contributed by atoms with Gasteiger partial charge in [0, 0.05) is 36.1 Å². The molecule has 156 valence electrons. The van der Waals surface area contributed by atoms with Gasteiger partial charge in [-0.15, -0.1) is 0 Å². The summed E-state index contributed by atoms with van der Waals surface area (Å²) in [6, 6.07) is 7.78. The average Bonchev–Trinajstić information content (AvgIpc) is 3.42. The van der Waals surface area contributed by atoms with Crippen molar-refractivity contribution in [1.82, 2.24) is 24.9 Å². The molecule has 0 spiro atoms. The molecule has 3 heterocycles. The Labute approximate surface area is 180 Å². The van der Waals surface area contributed by atoms with Gasteiger partial charge in [-0.2, -0.15) is 14.6 Å². The van der Waals surface area contributed by atoms with Crippen LogP contribution in [-0.4, -0.2) is 45.1 Å². The number of carbonyl (C=O) groups is 1. The molecule has 8 heteroatoms. The molecule has 0 unspecified atom stereocenters. The first-order valence-electron chi connectivity index (χ1n) is 10.7. The minimum absolute atomic E-state index is 0.0626. The molecule has 1 aliphatic heterocycles. The van der Waals surface area contributed by atoms with E-state index in [1.807, 2.05) is 28.8 Å². The summed E-state index contributed by atoms with van der Waals surface area (Å²) in [5, 5.41) is 8.26. The van der Waals surface area contributed by atoms with Crippen LogP contribution in [0.3, 0.4) is 0 Å². The first kappa shape index (κ1) is 19.3. The average molecular weight is 425 g/mol. The summed E-state index contributed by atoms with van der Waals surface area (Å²) in [7, 11) is 0. The van der Waals surface area contributed by atoms with Crippen molar-refractivity contribution in [3.63, 3.8) is 0 Å². The molecule has 7 nitrogen and oxygen atoms in total. The van der Waals surface area contributed by atoms with E-state index in [0.717, 1.165) is 68.1 Å². The van der Waals surface area contributed by atoms with Crippen molar-refractivity contribution in [3.05, 3.63) is 52.4 Å². The highest BCUT2D eigenvalue weighted by Crippen LogP contribution is 2.32. The van der Waals surface area contributed by atoms with Crippen LogP contribution in [0.1, 0.15) is 36.1 Å². The molecule has 1 aromatic carbocycles. The zero-order valence-corrected chi connectivity index (χ0v) is 17.6. The van der Waals surface area contributed by atoms with Crippen molar-refractivity contribution in [2.45, 2.75) is 38.5 Å². The molecule has 5 rings (SSSR count). The van der Waals surface area contributed by atoms with Crippen LogP contribution in [0.5, 0.6) is 0 Å². The van der Waals surface area contributed by atoms with E-state index in [9.17, 15) is 4.79 Å². The first-order chi connectivity index (χ1) is 14.7. The molecule has 2 aromatic heterocycles. The van der Waals surface area contributed by atoms with Crippen LogP contribution >= 0.6 is 11.6 Å². The SMILES string of the molecule is O=C(NCCc1ccc(Cl)cc1)C1CCN(c2c3c(nc4ncnn24)CCC3)CC1. The number of halogens is 1. The maximum absolute atomic E-state index is 12.7. The van der Waals surface area contributed by atoms with Crippen LogP contribution in [-0.2, 0) is 24.1 Å². The number of aryl methyl sites for hydroxylation is 1. The number of aromatic nitrogens is 4. The molecule has 1 N–H and O–H groups in total. The van der Waals surface area contributed by atoms with Crippen molar-refractivity contribution >= 4 is 29.1 Å². The monoisotopic (exact) mass is 424 g/mol. The van der Waals surface area contributed by atoms with Crippen molar-refractivity contribution in [3.8, 4) is 0 Å². The number of amides is 1. The lowest BCUT2D eigenvalue weighted by atomic mass is 9.95. The first-order valence-corrected chi connectivity index (χ1v) is 11.1. The van der Waals surface area contributed by atoms with E-state index in [2.05, 4.69) is 25.3 Å². The second-order valence-electron chi connectivity index (χ2n) is 8.11. The second-order valence-corrected chi connectivity index (χ2v) is 8.55. The summed E-state index contributed by atoms with van der Waals surface area (Å²) in [6.07, 6.45) is 7.27. The van der Waals surface area contributed by atoms with Crippen molar-refractivity contribution in [1.29, 1.82) is 0 Å². The quantitative estimate of drug-likeness (QED) is 0.681. The number of rotatable bonds is 5. The third-order valence-electron chi connectivity index (χ3n) is 6.22. The standard InChI is InChI=1S/C22H25ClN6O/c23-17-6-4-15(5-7-17)8-11-24-20(30)16-9-12-28(13-10-16)21-18-2-1-3-19(18)27-22-25-14-26-29(21)22/h4-7,14,16H,1-3,8-13H2,(H,24,30). The Morgan fingerprint density at radius 1 is 1.17 bits per heavy atom. The highest BCUT2D eigenvalue weighted by Gasteiger charge is 2.30.